The Morgan fingerprint density at radius 3 is 2.14 bits per heavy atom. The maximum absolute atomic E-state index is 12.3. The molecule has 0 N–H and O–H groups in total. The smallest absolute Gasteiger partial charge is 0.152 e. The fourth-order valence-corrected chi connectivity index (χ4v) is 3.98. The molecule has 0 fully saturated rings. The summed E-state index contributed by atoms with van der Waals surface area (Å²) < 4.78 is 12.3. The molecule has 0 saturated carbocycles. The number of hydrogen-bond donors (Lipinski definition) is 0. The lowest BCUT2D eigenvalue weighted by Gasteiger charge is -2.21. The van der Waals surface area contributed by atoms with E-state index in [0.29, 0.717) is 11.8 Å². The van der Waals surface area contributed by atoms with Crippen molar-refractivity contribution in [3.63, 3.8) is 0 Å². The Balaban J connectivity index is 2.59. The zero-order valence-electron chi connectivity index (χ0n) is 14.2. The van der Waals surface area contributed by atoms with Gasteiger partial charge in [0.2, 0.25) is 0 Å². The van der Waals surface area contributed by atoms with Gasteiger partial charge in [-0.25, -0.2) is 0 Å². The topological polar surface area (TPSA) is 23.1 Å². The summed E-state index contributed by atoms with van der Waals surface area (Å²) in [4.78, 5) is 0.995. The minimum absolute atomic E-state index is 0.627. The fourth-order valence-electron chi connectivity index (χ4n) is 2.84. The quantitative estimate of drug-likeness (QED) is 0.389. The highest BCUT2D eigenvalue weighted by molar-refractivity contribution is 7.91. The zero-order chi connectivity index (χ0) is 15.7. The first kappa shape index (κ1) is 18.6. The van der Waals surface area contributed by atoms with Crippen molar-refractivity contribution in [2.24, 2.45) is 5.92 Å². The molecule has 0 bridgehead atoms. The third-order valence-corrected chi connectivity index (χ3v) is 5.62. The highest BCUT2D eigenvalue weighted by atomic mass is 32.2. The van der Waals surface area contributed by atoms with Gasteiger partial charge in [-0.1, -0.05) is 59.1 Å². The van der Waals surface area contributed by atoms with Gasteiger partial charge in [0.05, 0.1) is 0 Å². The number of hydrogen-bond acceptors (Lipinski definition) is 1. The lowest BCUT2D eigenvalue weighted by Crippen LogP contribution is -2.09. The molecule has 2 atom stereocenters. The highest BCUT2D eigenvalue weighted by Gasteiger charge is 2.16. The summed E-state index contributed by atoms with van der Waals surface area (Å²) in [7, 11) is 0. The Morgan fingerprint density at radius 1 is 0.952 bits per heavy atom. The van der Waals surface area contributed by atoms with Crippen molar-refractivity contribution in [3.8, 4) is 0 Å². The summed E-state index contributed by atoms with van der Waals surface area (Å²) in [6.45, 7) is 9.03. The van der Waals surface area contributed by atoms with Crippen LogP contribution in [-0.2, 0) is 11.2 Å². The highest BCUT2D eigenvalue weighted by Crippen LogP contribution is 2.29. The van der Waals surface area contributed by atoms with Crippen molar-refractivity contribution in [3.05, 3.63) is 29.8 Å². The number of unbranched alkanes of at least 4 members (excludes halogenated alkanes) is 3. The van der Waals surface area contributed by atoms with Crippen LogP contribution in [0.5, 0.6) is 0 Å². The lowest BCUT2D eigenvalue weighted by atomic mass is 9.85. The monoisotopic (exact) mass is 308 g/mol. The first-order valence-corrected chi connectivity index (χ1v) is 9.90. The van der Waals surface area contributed by atoms with Gasteiger partial charge in [-0.05, 0) is 60.0 Å². The minimum Gasteiger partial charge on any atom is -0.611 e. The van der Waals surface area contributed by atoms with E-state index in [1.165, 1.54) is 37.7 Å². The van der Waals surface area contributed by atoms with Gasteiger partial charge in [-0.15, -0.1) is 0 Å². The van der Waals surface area contributed by atoms with E-state index in [2.05, 4.69) is 52.0 Å². The second kappa shape index (κ2) is 10.3. The molecule has 2 unspecified atom stereocenters. The summed E-state index contributed by atoms with van der Waals surface area (Å²) in [5.74, 6) is 2.10. The van der Waals surface area contributed by atoms with Crippen LogP contribution in [0.4, 0.5) is 0 Å². The van der Waals surface area contributed by atoms with Gasteiger partial charge in [0.25, 0.3) is 0 Å². The predicted molar refractivity (Wildman–Crippen MR) is 94.3 cm³/mol. The Labute approximate surface area is 134 Å². The first-order chi connectivity index (χ1) is 10.1. The Kier molecular flexibility index (Phi) is 9.10. The first-order valence-electron chi connectivity index (χ1n) is 8.58. The molecule has 0 heterocycles. The molecule has 0 aliphatic heterocycles. The minimum atomic E-state index is -0.823. The molecular weight excluding hydrogens is 276 g/mol. The molecular formula is C19H32OS. The largest absolute Gasteiger partial charge is 0.611 e. The second-order valence-corrected chi connectivity index (χ2v) is 7.89. The van der Waals surface area contributed by atoms with Gasteiger partial charge in [-0.3, -0.25) is 0 Å². The molecule has 0 aromatic heterocycles. The summed E-state index contributed by atoms with van der Waals surface area (Å²) >= 11 is -0.823. The molecule has 1 rings (SSSR count). The summed E-state index contributed by atoms with van der Waals surface area (Å²) in [5, 5.41) is 0. The van der Waals surface area contributed by atoms with Crippen LogP contribution < -0.4 is 0 Å². The molecule has 1 nitrogen and oxygen atoms in total. The van der Waals surface area contributed by atoms with Crippen LogP contribution >= 0.6 is 0 Å². The molecule has 0 aliphatic rings. The van der Waals surface area contributed by atoms with Crippen molar-refractivity contribution in [2.75, 3.05) is 5.75 Å². The van der Waals surface area contributed by atoms with Crippen molar-refractivity contribution in [1.82, 2.24) is 0 Å². The van der Waals surface area contributed by atoms with Crippen molar-refractivity contribution < 1.29 is 4.55 Å². The van der Waals surface area contributed by atoms with Gasteiger partial charge in [0, 0.05) is 0 Å². The van der Waals surface area contributed by atoms with E-state index in [4.69, 9.17) is 0 Å². The average molecular weight is 309 g/mol. The van der Waals surface area contributed by atoms with Crippen LogP contribution in [-0.4, -0.2) is 10.3 Å². The van der Waals surface area contributed by atoms with Crippen LogP contribution in [0.25, 0.3) is 0 Å². The summed E-state index contributed by atoms with van der Waals surface area (Å²) in [5.41, 5.74) is 1.40. The summed E-state index contributed by atoms with van der Waals surface area (Å²) in [6, 6.07) is 8.55. The van der Waals surface area contributed by atoms with Crippen LogP contribution in [0.2, 0.25) is 0 Å². The predicted octanol–water partition coefficient (Wildman–Crippen LogP) is 5.91. The molecule has 21 heavy (non-hydrogen) atoms. The van der Waals surface area contributed by atoms with Gasteiger partial charge in [0.1, 0.15) is 5.75 Å². The van der Waals surface area contributed by atoms with Gasteiger partial charge < -0.3 is 4.55 Å². The maximum Gasteiger partial charge on any atom is 0.152 e. The number of rotatable bonds is 10. The molecule has 120 valence electrons. The number of benzene rings is 1. The van der Waals surface area contributed by atoms with E-state index in [0.717, 1.165) is 17.1 Å². The average Bonchev–Trinajstić information content (AvgIpc) is 2.49. The Bertz CT molecular complexity index is 372. The second-order valence-electron chi connectivity index (χ2n) is 6.32. The van der Waals surface area contributed by atoms with Gasteiger partial charge >= 0.3 is 0 Å². The van der Waals surface area contributed by atoms with E-state index in [1.54, 1.807) is 0 Å². The lowest BCUT2D eigenvalue weighted by molar-refractivity contribution is 0.463. The molecule has 0 spiro atoms. The normalized spacial score (nSPS) is 14.4. The molecule has 2 heteroatoms. The van der Waals surface area contributed by atoms with E-state index in [-0.39, 0.29) is 0 Å². The SMILES string of the molecule is CCCCCC[S+]([O-])c1ccc(C(CCC)C(C)C)cc1. The van der Waals surface area contributed by atoms with E-state index >= 15 is 0 Å². The van der Waals surface area contributed by atoms with Crippen LogP contribution in [0.1, 0.15) is 77.7 Å². The van der Waals surface area contributed by atoms with Crippen LogP contribution in [0.3, 0.4) is 0 Å². The molecule has 0 aliphatic carbocycles. The van der Waals surface area contributed by atoms with Crippen LogP contribution in [0.15, 0.2) is 29.2 Å². The Morgan fingerprint density at radius 2 is 1.62 bits per heavy atom. The van der Waals surface area contributed by atoms with E-state index in [1.807, 2.05) is 0 Å². The van der Waals surface area contributed by atoms with Crippen LogP contribution in [0, 0.1) is 5.92 Å². The molecule has 1 aromatic carbocycles. The standard InChI is InChI=1S/C19H32OS/c1-5-7-8-9-15-21(20)18-13-11-17(12-14-18)19(10-6-2)16(3)4/h11-14,16,19H,5-10,15H2,1-4H3. The summed E-state index contributed by atoms with van der Waals surface area (Å²) in [6.07, 6.45) is 7.21. The van der Waals surface area contributed by atoms with Gasteiger partial charge in [-0.2, -0.15) is 0 Å². The third kappa shape index (κ3) is 6.44. The maximum atomic E-state index is 12.3. The van der Waals surface area contributed by atoms with E-state index < -0.39 is 11.2 Å². The molecule has 0 saturated heterocycles. The van der Waals surface area contributed by atoms with E-state index in [9.17, 15) is 4.55 Å². The van der Waals surface area contributed by atoms with Crippen molar-refractivity contribution >= 4 is 11.2 Å². The molecule has 0 amide bonds. The van der Waals surface area contributed by atoms with Gasteiger partial charge in [0.15, 0.2) is 4.90 Å². The third-order valence-electron chi connectivity index (χ3n) is 4.16. The zero-order valence-corrected chi connectivity index (χ0v) is 15.0. The molecule has 1 aromatic rings. The molecule has 0 radical (unpaired) electrons. The van der Waals surface area contributed by atoms with Crippen molar-refractivity contribution in [2.45, 2.75) is 77.0 Å². The van der Waals surface area contributed by atoms with Crippen molar-refractivity contribution in [1.29, 1.82) is 0 Å². The fraction of sp³-hybridized carbons (Fsp3) is 0.684. The Hall–Kier alpha value is -0.470.